The maximum absolute atomic E-state index is 13.4. The molecule has 1 aromatic rings. The average molecular weight is 259 g/mol. The van der Waals surface area contributed by atoms with Crippen molar-refractivity contribution in [1.29, 1.82) is 0 Å². The highest BCUT2D eigenvalue weighted by molar-refractivity contribution is 9.10. The van der Waals surface area contributed by atoms with Gasteiger partial charge in [0.05, 0.1) is 6.04 Å². The second kappa shape index (κ2) is 3.57. The molecule has 2 amide bonds. The molecule has 74 valence electrons. The maximum Gasteiger partial charge on any atom is 0.315 e. The van der Waals surface area contributed by atoms with Crippen LogP contribution < -0.4 is 10.6 Å². The van der Waals surface area contributed by atoms with E-state index in [9.17, 15) is 9.18 Å². The van der Waals surface area contributed by atoms with Gasteiger partial charge < -0.3 is 10.6 Å². The van der Waals surface area contributed by atoms with Crippen LogP contribution in [0.4, 0.5) is 9.18 Å². The molecule has 14 heavy (non-hydrogen) atoms. The standard InChI is InChI=1S/C9H8BrFN2O/c10-5-2-1-3-6(11)8(5)7-4-12-9(14)13-7/h1-3,7H,4H2,(H2,12,13,14)/t7-/m1/s1. The number of halogens is 2. The predicted octanol–water partition coefficient (Wildman–Crippen LogP) is 1.94. The molecule has 0 aliphatic carbocycles. The molecule has 2 rings (SSSR count). The molecule has 1 aliphatic heterocycles. The van der Waals surface area contributed by atoms with E-state index < -0.39 is 0 Å². The Labute approximate surface area is 88.8 Å². The first kappa shape index (κ1) is 9.45. The third-order valence-electron chi connectivity index (χ3n) is 2.12. The first-order chi connectivity index (χ1) is 6.68. The van der Waals surface area contributed by atoms with E-state index in [0.29, 0.717) is 16.6 Å². The highest BCUT2D eigenvalue weighted by atomic mass is 79.9. The Morgan fingerprint density at radius 2 is 2.29 bits per heavy atom. The molecule has 5 heteroatoms. The van der Waals surface area contributed by atoms with Crippen LogP contribution in [0.25, 0.3) is 0 Å². The molecule has 1 aromatic carbocycles. The first-order valence-corrected chi connectivity index (χ1v) is 4.96. The van der Waals surface area contributed by atoms with Crippen molar-refractivity contribution in [1.82, 2.24) is 10.6 Å². The van der Waals surface area contributed by atoms with Gasteiger partial charge in [-0.3, -0.25) is 0 Å². The Balaban J connectivity index is 2.36. The number of benzene rings is 1. The molecule has 1 aliphatic rings. The highest BCUT2D eigenvalue weighted by Gasteiger charge is 2.25. The topological polar surface area (TPSA) is 41.1 Å². The molecule has 0 radical (unpaired) electrons. The summed E-state index contributed by atoms with van der Waals surface area (Å²) in [5.74, 6) is -0.312. The molecule has 1 fully saturated rings. The molecule has 0 unspecified atom stereocenters. The molecule has 3 nitrogen and oxygen atoms in total. The molecule has 0 bridgehead atoms. The third kappa shape index (κ3) is 1.59. The minimum absolute atomic E-state index is 0.259. The van der Waals surface area contributed by atoms with E-state index in [4.69, 9.17) is 0 Å². The summed E-state index contributed by atoms with van der Waals surface area (Å²) in [6.07, 6.45) is 0. The molecule has 0 spiro atoms. The lowest BCUT2D eigenvalue weighted by atomic mass is 10.1. The van der Waals surface area contributed by atoms with Crippen molar-refractivity contribution in [3.63, 3.8) is 0 Å². The van der Waals surface area contributed by atoms with Gasteiger partial charge in [0.2, 0.25) is 0 Å². The zero-order valence-corrected chi connectivity index (χ0v) is 8.77. The van der Waals surface area contributed by atoms with Crippen molar-refractivity contribution in [2.24, 2.45) is 0 Å². The van der Waals surface area contributed by atoms with E-state index >= 15 is 0 Å². The Kier molecular flexibility index (Phi) is 2.41. The Bertz CT molecular complexity index is 363. The fourth-order valence-electron chi connectivity index (χ4n) is 1.47. The largest absolute Gasteiger partial charge is 0.336 e. The fraction of sp³-hybridized carbons (Fsp3) is 0.222. The van der Waals surface area contributed by atoms with Crippen LogP contribution >= 0.6 is 15.9 Å². The van der Waals surface area contributed by atoms with Crippen LogP contribution in [0.5, 0.6) is 0 Å². The van der Waals surface area contributed by atoms with E-state index in [2.05, 4.69) is 26.6 Å². The Hall–Kier alpha value is -1.10. The van der Waals surface area contributed by atoms with Gasteiger partial charge in [0.25, 0.3) is 0 Å². The van der Waals surface area contributed by atoms with Crippen molar-refractivity contribution in [2.75, 3.05) is 6.54 Å². The van der Waals surface area contributed by atoms with E-state index in [-0.39, 0.29) is 17.9 Å². The van der Waals surface area contributed by atoms with Crippen LogP contribution in [0.15, 0.2) is 22.7 Å². The second-order valence-corrected chi connectivity index (χ2v) is 3.90. The quantitative estimate of drug-likeness (QED) is 0.795. The van der Waals surface area contributed by atoms with Crippen molar-refractivity contribution < 1.29 is 9.18 Å². The summed E-state index contributed by atoms with van der Waals surface area (Å²) in [6.45, 7) is 0.415. The molecule has 2 N–H and O–H groups in total. The monoisotopic (exact) mass is 258 g/mol. The van der Waals surface area contributed by atoms with Gasteiger partial charge >= 0.3 is 6.03 Å². The van der Waals surface area contributed by atoms with Gasteiger partial charge in [0.15, 0.2) is 0 Å². The van der Waals surface area contributed by atoms with Gasteiger partial charge in [0.1, 0.15) is 5.82 Å². The number of carbonyl (C=O) groups excluding carboxylic acids is 1. The van der Waals surface area contributed by atoms with E-state index in [1.807, 2.05) is 0 Å². The summed E-state index contributed by atoms with van der Waals surface area (Å²) in [5, 5.41) is 5.22. The lowest BCUT2D eigenvalue weighted by Gasteiger charge is -2.11. The minimum Gasteiger partial charge on any atom is -0.336 e. The molecular weight excluding hydrogens is 251 g/mol. The summed E-state index contributed by atoms with van der Waals surface area (Å²) in [7, 11) is 0. The molecule has 1 heterocycles. The molecule has 0 saturated carbocycles. The van der Waals surface area contributed by atoms with Crippen molar-refractivity contribution in [3.05, 3.63) is 34.1 Å². The van der Waals surface area contributed by atoms with Gasteiger partial charge in [-0.05, 0) is 12.1 Å². The number of hydrogen-bond donors (Lipinski definition) is 2. The van der Waals surface area contributed by atoms with E-state index in [1.54, 1.807) is 12.1 Å². The summed E-state index contributed by atoms with van der Waals surface area (Å²) in [6, 6.07) is 4.20. The van der Waals surface area contributed by atoms with Gasteiger partial charge in [0, 0.05) is 16.6 Å². The number of hydrogen-bond acceptors (Lipinski definition) is 1. The SMILES string of the molecule is O=C1NC[C@H](c2c(F)cccc2Br)N1. The Morgan fingerprint density at radius 1 is 1.50 bits per heavy atom. The molecule has 1 atom stereocenters. The first-order valence-electron chi connectivity index (χ1n) is 4.17. The lowest BCUT2D eigenvalue weighted by Crippen LogP contribution is -2.22. The van der Waals surface area contributed by atoms with Crippen LogP contribution in [0.2, 0.25) is 0 Å². The number of carbonyl (C=O) groups is 1. The van der Waals surface area contributed by atoms with E-state index in [1.165, 1.54) is 6.07 Å². The zero-order chi connectivity index (χ0) is 10.1. The van der Waals surface area contributed by atoms with Crippen LogP contribution in [-0.4, -0.2) is 12.6 Å². The zero-order valence-electron chi connectivity index (χ0n) is 7.18. The normalized spacial score (nSPS) is 20.4. The van der Waals surface area contributed by atoms with Crippen LogP contribution in [0.1, 0.15) is 11.6 Å². The van der Waals surface area contributed by atoms with Crippen molar-refractivity contribution in [2.45, 2.75) is 6.04 Å². The number of urea groups is 1. The van der Waals surface area contributed by atoms with Crippen LogP contribution in [-0.2, 0) is 0 Å². The summed E-state index contributed by atoms with van der Waals surface area (Å²) in [4.78, 5) is 10.9. The number of nitrogens with one attached hydrogen (secondary N) is 2. The van der Waals surface area contributed by atoms with Crippen molar-refractivity contribution in [3.8, 4) is 0 Å². The van der Waals surface area contributed by atoms with Gasteiger partial charge in [-0.2, -0.15) is 0 Å². The van der Waals surface area contributed by atoms with Crippen LogP contribution in [0, 0.1) is 5.82 Å². The van der Waals surface area contributed by atoms with E-state index in [0.717, 1.165) is 0 Å². The molecule has 1 saturated heterocycles. The Morgan fingerprint density at radius 3 is 2.86 bits per heavy atom. The highest BCUT2D eigenvalue weighted by Crippen LogP contribution is 2.27. The molecule has 0 aromatic heterocycles. The van der Waals surface area contributed by atoms with Crippen molar-refractivity contribution >= 4 is 22.0 Å². The number of amides is 2. The summed E-state index contributed by atoms with van der Waals surface area (Å²) in [5.41, 5.74) is 0.492. The predicted molar refractivity (Wildman–Crippen MR) is 53.4 cm³/mol. The number of rotatable bonds is 1. The average Bonchev–Trinajstić information content (AvgIpc) is 2.51. The summed E-state index contributed by atoms with van der Waals surface area (Å²) < 4.78 is 14.1. The minimum atomic E-state index is -0.312. The summed E-state index contributed by atoms with van der Waals surface area (Å²) >= 11 is 3.26. The maximum atomic E-state index is 13.4. The molecular formula is C9H8BrFN2O. The smallest absolute Gasteiger partial charge is 0.315 e. The van der Waals surface area contributed by atoms with Gasteiger partial charge in [-0.1, -0.05) is 22.0 Å². The lowest BCUT2D eigenvalue weighted by molar-refractivity contribution is 0.247. The fourth-order valence-corrected chi connectivity index (χ4v) is 2.09. The second-order valence-electron chi connectivity index (χ2n) is 3.04. The van der Waals surface area contributed by atoms with Gasteiger partial charge in [-0.25, -0.2) is 9.18 Å². The van der Waals surface area contributed by atoms with Gasteiger partial charge in [-0.15, -0.1) is 0 Å². The van der Waals surface area contributed by atoms with Crippen LogP contribution in [0.3, 0.4) is 0 Å². The third-order valence-corrected chi connectivity index (χ3v) is 2.81.